The molecule has 0 bridgehead atoms. The van der Waals surface area contributed by atoms with Gasteiger partial charge in [-0.15, -0.1) is 0 Å². The Bertz CT molecular complexity index is 578. The summed E-state index contributed by atoms with van der Waals surface area (Å²) in [6.07, 6.45) is 1.45. The maximum absolute atomic E-state index is 11.4. The molecule has 17 heavy (non-hydrogen) atoms. The van der Waals surface area contributed by atoms with Gasteiger partial charge in [-0.3, -0.25) is 4.21 Å². The third-order valence-electron chi connectivity index (χ3n) is 2.18. The zero-order valence-electron chi connectivity index (χ0n) is 8.91. The van der Waals surface area contributed by atoms with Gasteiger partial charge < -0.3 is 5.11 Å². The number of aromatic carboxylic acids is 1. The molecule has 1 N–H and O–H groups in total. The van der Waals surface area contributed by atoms with Crippen molar-refractivity contribution in [1.29, 1.82) is 0 Å². The molecule has 6 heteroatoms. The molecule has 0 fully saturated rings. The Balaban J connectivity index is 2.64. The van der Waals surface area contributed by atoms with E-state index in [1.165, 1.54) is 6.26 Å². The first-order chi connectivity index (χ1) is 8.11. The predicted octanol–water partition coefficient (Wildman–Crippen LogP) is 2.25. The highest BCUT2D eigenvalue weighted by molar-refractivity contribution is 7.86. The van der Waals surface area contributed by atoms with Crippen LogP contribution in [0.2, 0.25) is 0 Å². The van der Waals surface area contributed by atoms with Crippen LogP contribution in [0.3, 0.4) is 0 Å². The minimum atomic E-state index is -1.34. The van der Waals surface area contributed by atoms with Crippen molar-refractivity contribution in [1.82, 2.24) is 4.37 Å². The largest absolute Gasteiger partial charge is 0.478 e. The van der Waals surface area contributed by atoms with Crippen LogP contribution in [-0.4, -0.2) is 25.9 Å². The topological polar surface area (TPSA) is 67.3 Å². The van der Waals surface area contributed by atoms with Gasteiger partial charge in [0.05, 0.1) is 16.5 Å². The van der Waals surface area contributed by atoms with Crippen LogP contribution in [0.5, 0.6) is 0 Å². The van der Waals surface area contributed by atoms with E-state index in [2.05, 4.69) is 4.37 Å². The molecule has 0 saturated heterocycles. The van der Waals surface area contributed by atoms with Crippen molar-refractivity contribution in [3.05, 3.63) is 35.9 Å². The number of benzene rings is 1. The monoisotopic (exact) mass is 267 g/mol. The van der Waals surface area contributed by atoms with E-state index in [9.17, 15) is 14.1 Å². The van der Waals surface area contributed by atoms with Gasteiger partial charge in [0, 0.05) is 11.8 Å². The molecule has 0 amide bonds. The van der Waals surface area contributed by atoms with Crippen LogP contribution in [-0.2, 0) is 10.8 Å². The van der Waals surface area contributed by atoms with Gasteiger partial charge in [-0.25, -0.2) is 4.79 Å². The van der Waals surface area contributed by atoms with Crippen molar-refractivity contribution in [2.75, 3.05) is 6.26 Å². The highest BCUT2D eigenvalue weighted by Gasteiger charge is 2.23. The minimum Gasteiger partial charge on any atom is -0.478 e. The second-order valence-electron chi connectivity index (χ2n) is 3.32. The molecular weight excluding hydrogens is 258 g/mol. The third kappa shape index (κ3) is 2.27. The summed E-state index contributed by atoms with van der Waals surface area (Å²) in [5.41, 5.74) is 1.15. The number of hydrogen-bond acceptors (Lipinski definition) is 4. The van der Waals surface area contributed by atoms with Crippen LogP contribution in [0, 0.1) is 0 Å². The molecule has 2 aromatic rings. The lowest BCUT2D eigenvalue weighted by molar-refractivity contribution is 0.0694. The smallest absolute Gasteiger partial charge is 0.340 e. The highest BCUT2D eigenvalue weighted by Crippen LogP contribution is 2.30. The fourth-order valence-electron chi connectivity index (χ4n) is 1.45. The summed E-state index contributed by atoms with van der Waals surface area (Å²) in [6, 6.07) is 9.02. The summed E-state index contributed by atoms with van der Waals surface area (Å²) in [5, 5.41) is 9.18. The molecule has 0 aliphatic carbocycles. The number of hydrogen-bond donors (Lipinski definition) is 1. The number of aromatic nitrogens is 1. The van der Waals surface area contributed by atoms with Crippen LogP contribution in [0.15, 0.2) is 34.5 Å². The van der Waals surface area contributed by atoms with Crippen LogP contribution >= 0.6 is 11.5 Å². The summed E-state index contributed by atoms with van der Waals surface area (Å²) in [6.45, 7) is 0. The van der Waals surface area contributed by atoms with Crippen molar-refractivity contribution in [2.45, 2.75) is 4.21 Å². The maximum atomic E-state index is 11.4. The fraction of sp³-hybridized carbons (Fsp3) is 0.0909. The van der Waals surface area contributed by atoms with E-state index >= 15 is 0 Å². The van der Waals surface area contributed by atoms with Crippen molar-refractivity contribution in [3.8, 4) is 11.3 Å². The lowest BCUT2D eigenvalue weighted by Gasteiger charge is -1.99. The first kappa shape index (κ1) is 11.9. The molecule has 88 valence electrons. The Labute approximate surface area is 105 Å². The quantitative estimate of drug-likeness (QED) is 0.926. The molecule has 4 nitrogen and oxygen atoms in total. The van der Waals surface area contributed by atoms with Crippen LogP contribution in [0.4, 0.5) is 0 Å². The highest BCUT2D eigenvalue weighted by atomic mass is 32.2. The van der Waals surface area contributed by atoms with Gasteiger partial charge >= 0.3 is 5.97 Å². The van der Waals surface area contributed by atoms with E-state index in [-0.39, 0.29) is 5.56 Å². The summed E-state index contributed by atoms with van der Waals surface area (Å²) in [7, 11) is -1.34. The van der Waals surface area contributed by atoms with E-state index in [0.717, 1.165) is 17.1 Å². The number of carboxylic acid groups (broad SMARTS) is 1. The maximum Gasteiger partial charge on any atom is 0.340 e. The lowest BCUT2D eigenvalue weighted by Crippen LogP contribution is -2.01. The fourth-order valence-corrected chi connectivity index (χ4v) is 3.10. The molecule has 1 unspecified atom stereocenters. The number of nitrogens with zero attached hydrogens (tertiary/aromatic N) is 1. The minimum absolute atomic E-state index is 0.0435. The molecule has 1 aromatic carbocycles. The van der Waals surface area contributed by atoms with Crippen LogP contribution < -0.4 is 0 Å². The van der Waals surface area contributed by atoms with Crippen molar-refractivity contribution in [2.24, 2.45) is 0 Å². The van der Waals surface area contributed by atoms with Gasteiger partial charge in [-0.05, 0) is 11.5 Å². The molecule has 0 saturated carbocycles. The summed E-state index contributed by atoms with van der Waals surface area (Å²) < 4.78 is 15.8. The third-order valence-corrected chi connectivity index (χ3v) is 4.48. The second kappa shape index (κ2) is 4.77. The first-order valence-corrected chi connectivity index (χ1v) is 7.06. The molecule has 1 aromatic heterocycles. The van der Waals surface area contributed by atoms with Gasteiger partial charge in [0.2, 0.25) is 0 Å². The average Bonchev–Trinajstić information content (AvgIpc) is 2.74. The molecule has 1 heterocycles. The van der Waals surface area contributed by atoms with Crippen molar-refractivity contribution in [3.63, 3.8) is 0 Å². The molecule has 1 atom stereocenters. The normalized spacial score (nSPS) is 12.3. The zero-order valence-corrected chi connectivity index (χ0v) is 10.5. The van der Waals surface area contributed by atoms with Gasteiger partial charge in [-0.2, -0.15) is 4.37 Å². The standard InChI is InChI=1S/C11H9NO3S2/c1-17(15)11-8(10(13)14)9(12-16-11)7-5-3-2-4-6-7/h2-6H,1H3,(H,13,14). The second-order valence-corrected chi connectivity index (χ2v) is 5.67. The Morgan fingerprint density at radius 3 is 2.53 bits per heavy atom. The first-order valence-electron chi connectivity index (χ1n) is 4.73. The van der Waals surface area contributed by atoms with Crippen molar-refractivity contribution >= 4 is 28.3 Å². The zero-order chi connectivity index (χ0) is 12.4. The van der Waals surface area contributed by atoms with Gasteiger partial charge in [0.15, 0.2) is 0 Å². The Morgan fingerprint density at radius 1 is 1.35 bits per heavy atom. The van der Waals surface area contributed by atoms with Crippen LogP contribution in [0.1, 0.15) is 10.4 Å². The van der Waals surface area contributed by atoms with E-state index in [4.69, 9.17) is 0 Å². The molecule has 2 rings (SSSR count). The van der Waals surface area contributed by atoms with E-state index in [0.29, 0.717) is 9.90 Å². The van der Waals surface area contributed by atoms with Crippen molar-refractivity contribution < 1.29 is 14.1 Å². The van der Waals surface area contributed by atoms with Crippen LogP contribution in [0.25, 0.3) is 11.3 Å². The lowest BCUT2D eigenvalue weighted by atomic mass is 10.1. The molecular formula is C11H9NO3S2. The van der Waals surface area contributed by atoms with Gasteiger partial charge in [0.25, 0.3) is 0 Å². The number of carbonyl (C=O) groups is 1. The molecule has 0 spiro atoms. The molecule has 0 aliphatic rings. The Morgan fingerprint density at radius 2 is 2.00 bits per heavy atom. The summed E-state index contributed by atoms with van der Waals surface area (Å²) >= 11 is 0.976. The number of rotatable bonds is 3. The average molecular weight is 267 g/mol. The number of carboxylic acids is 1. The van der Waals surface area contributed by atoms with Gasteiger partial charge in [-0.1, -0.05) is 30.3 Å². The van der Waals surface area contributed by atoms with E-state index < -0.39 is 16.8 Å². The van der Waals surface area contributed by atoms with Gasteiger partial charge in [0.1, 0.15) is 9.77 Å². The Hall–Kier alpha value is -1.53. The SMILES string of the molecule is CS(=O)c1snc(-c2ccccc2)c1C(=O)O. The molecule has 0 aliphatic heterocycles. The van der Waals surface area contributed by atoms with E-state index in [1.807, 2.05) is 18.2 Å². The predicted molar refractivity (Wildman–Crippen MR) is 66.8 cm³/mol. The molecule has 0 radical (unpaired) electrons. The summed E-state index contributed by atoms with van der Waals surface area (Å²) in [4.78, 5) is 11.2. The summed E-state index contributed by atoms with van der Waals surface area (Å²) in [5.74, 6) is -1.09. The van der Waals surface area contributed by atoms with E-state index in [1.54, 1.807) is 12.1 Å². The Kier molecular flexibility index (Phi) is 3.35.